The molecule has 0 saturated carbocycles. The van der Waals surface area contributed by atoms with Crippen molar-refractivity contribution in [1.82, 2.24) is 4.90 Å². The minimum atomic E-state index is -0.650. The minimum absolute atomic E-state index is 0.110. The first-order valence-electron chi connectivity index (χ1n) is 8.60. The van der Waals surface area contributed by atoms with Crippen LogP contribution in [0.15, 0.2) is 36.9 Å². The lowest BCUT2D eigenvalue weighted by Gasteiger charge is -2.36. The van der Waals surface area contributed by atoms with Crippen LogP contribution in [-0.4, -0.2) is 48.2 Å². The largest absolute Gasteiger partial charge is 0.497 e. The quantitative estimate of drug-likeness (QED) is 0.609. The van der Waals surface area contributed by atoms with Gasteiger partial charge in [-0.1, -0.05) is 18.2 Å². The molecule has 1 aromatic carbocycles. The Morgan fingerprint density at radius 1 is 1.27 bits per heavy atom. The van der Waals surface area contributed by atoms with Crippen LogP contribution in [0.1, 0.15) is 12.5 Å². The number of benzene rings is 1. The number of amides is 2. The van der Waals surface area contributed by atoms with Crippen molar-refractivity contribution in [3.05, 3.63) is 42.5 Å². The fourth-order valence-corrected chi connectivity index (χ4v) is 4.51. The highest BCUT2D eigenvalue weighted by Gasteiger charge is 2.63. The normalized spacial score (nSPS) is 28.7. The number of imide groups is 1. The Morgan fingerprint density at radius 3 is 2.65 bits per heavy atom. The smallest absolute Gasteiger partial charge is 0.236 e. The molecule has 4 atom stereocenters. The Bertz CT molecular complexity index is 859. The van der Waals surface area contributed by atoms with Gasteiger partial charge < -0.3 is 9.64 Å². The second-order valence-electron chi connectivity index (χ2n) is 6.86. The van der Waals surface area contributed by atoms with E-state index in [2.05, 4.69) is 6.58 Å². The molecule has 0 N–H and O–H groups in total. The molecule has 0 aromatic heterocycles. The number of ether oxygens (including phenoxy) is 1. The summed E-state index contributed by atoms with van der Waals surface area (Å²) < 4.78 is 5.27. The van der Waals surface area contributed by atoms with E-state index in [1.165, 1.54) is 17.9 Å². The number of carbonyl (C=O) groups is 3. The number of Topliss-reactive ketones (excluding diaryl/α,β-unsaturated/α-hetero) is 1. The van der Waals surface area contributed by atoms with Gasteiger partial charge in [-0.3, -0.25) is 19.3 Å². The molecule has 26 heavy (non-hydrogen) atoms. The Labute approximate surface area is 151 Å². The first kappa shape index (κ1) is 16.6. The average molecular weight is 352 g/mol. The molecule has 2 fully saturated rings. The van der Waals surface area contributed by atoms with Crippen LogP contribution in [0.4, 0.5) is 5.69 Å². The van der Waals surface area contributed by atoms with Gasteiger partial charge in [0.1, 0.15) is 11.8 Å². The zero-order valence-corrected chi connectivity index (χ0v) is 14.7. The van der Waals surface area contributed by atoms with Crippen molar-refractivity contribution >= 4 is 29.4 Å². The van der Waals surface area contributed by atoms with Crippen molar-refractivity contribution in [2.45, 2.75) is 19.0 Å². The molecule has 1 aromatic rings. The monoisotopic (exact) mass is 352 g/mol. The van der Waals surface area contributed by atoms with E-state index in [1.807, 2.05) is 35.3 Å². The predicted molar refractivity (Wildman–Crippen MR) is 96.7 cm³/mol. The fraction of sp³-hybridized carbons (Fsp3) is 0.350. The molecule has 0 bridgehead atoms. The molecule has 2 saturated heterocycles. The molecule has 4 rings (SSSR count). The molecule has 0 radical (unpaired) electrons. The van der Waals surface area contributed by atoms with Crippen LogP contribution in [0.2, 0.25) is 0 Å². The van der Waals surface area contributed by atoms with Crippen LogP contribution in [0.25, 0.3) is 6.08 Å². The third kappa shape index (κ3) is 2.08. The second-order valence-corrected chi connectivity index (χ2v) is 6.86. The standard InChI is InChI=1S/C20H20N2O4/c1-4-9-21-19(24)16-15-7-5-12-10-13(26-3)6-8-14(12)22(15)18(11(2)23)17(16)20(21)25/h4-8,10,15-18H,1,9H2,2-3H3/t15-,16+,17+,18+/m1/s1. The maximum Gasteiger partial charge on any atom is 0.236 e. The Morgan fingerprint density at radius 2 is 2.00 bits per heavy atom. The molecular formula is C20H20N2O4. The molecule has 0 unspecified atom stereocenters. The topological polar surface area (TPSA) is 66.9 Å². The number of methoxy groups -OCH3 is 1. The van der Waals surface area contributed by atoms with Crippen molar-refractivity contribution < 1.29 is 19.1 Å². The maximum atomic E-state index is 12.9. The summed E-state index contributed by atoms with van der Waals surface area (Å²) in [6.45, 7) is 5.29. The average Bonchev–Trinajstić information content (AvgIpc) is 3.10. The van der Waals surface area contributed by atoms with Gasteiger partial charge in [0.2, 0.25) is 11.8 Å². The summed E-state index contributed by atoms with van der Waals surface area (Å²) in [4.78, 5) is 41.4. The van der Waals surface area contributed by atoms with E-state index in [0.717, 1.165) is 17.0 Å². The molecule has 3 aliphatic heterocycles. The molecule has 0 spiro atoms. The Kier molecular flexibility index (Phi) is 3.72. The zero-order valence-electron chi connectivity index (χ0n) is 14.7. The van der Waals surface area contributed by atoms with Crippen LogP contribution in [0.3, 0.4) is 0 Å². The van der Waals surface area contributed by atoms with E-state index >= 15 is 0 Å². The molecule has 6 nitrogen and oxygen atoms in total. The summed E-state index contributed by atoms with van der Waals surface area (Å²) in [5.41, 5.74) is 1.76. The molecular weight excluding hydrogens is 332 g/mol. The van der Waals surface area contributed by atoms with Gasteiger partial charge in [0.25, 0.3) is 0 Å². The third-order valence-corrected chi connectivity index (χ3v) is 5.53. The molecule has 3 heterocycles. The molecule has 6 heteroatoms. The molecule has 0 aliphatic carbocycles. The van der Waals surface area contributed by atoms with Crippen molar-refractivity contribution in [2.24, 2.45) is 11.8 Å². The summed E-state index contributed by atoms with van der Waals surface area (Å²) >= 11 is 0. The van der Waals surface area contributed by atoms with Gasteiger partial charge in [0.05, 0.1) is 25.0 Å². The first-order valence-corrected chi connectivity index (χ1v) is 8.60. The van der Waals surface area contributed by atoms with Gasteiger partial charge in [-0.25, -0.2) is 0 Å². The number of nitrogens with zero attached hydrogens (tertiary/aromatic N) is 2. The predicted octanol–water partition coefficient (Wildman–Crippen LogP) is 1.66. The minimum Gasteiger partial charge on any atom is -0.497 e. The van der Waals surface area contributed by atoms with E-state index in [-0.39, 0.29) is 30.2 Å². The maximum absolute atomic E-state index is 12.9. The number of hydrogen-bond acceptors (Lipinski definition) is 5. The van der Waals surface area contributed by atoms with Crippen molar-refractivity contribution in [2.75, 3.05) is 18.6 Å². The highest BCUT2D eigenvalue weighted by atomic mass is 16.5. The lowest BCUT2D eigenvalue weighted by molar-refractivity contribution is -0.140. The van der Waals surface area contributed by atoms with E-state index in [9.17, 15) is 14.4 Å². The summed E-state index contributed by atoms with van der Waals surface area (Å²) in [6, 6.07) is 4.65. The lowest BCUT2D eigenvalue weighted by Crippen LogP contribution is -2.48. The summed E-state index contributed by atoms with van der Waals surface area (Å²) in [7, 11) is 1.60. The van der Waals surface area contributed by atoms with Crippen LogP contribution >= 0.6 is 0 Å². The Hall–Kier alpha value is -2.89. The van der Waals surface area contributed by atoms with Crippen LogP contribution in [-0.2, 0) is 14.4 Å². The van der Waals surface area contributed by atoms with Crippen LogP contribution < -0.4 is 9.64 Å². The van der Waals surface area contributed by atoms with E-state index < -0.39 is 17.9 Å². The van der Waals surface area contributed by atoms with Crippen LogP contribution in [0.5, 0.6) is 5.75 Å². The molecule has 2 amide bonds. The van der Waals surface area contributed by atoms with Gasteiger partial charge in [0, 0.05) is 17.8 Å². The third-order valence-electron chi connectivity index (χ3n) is 5.53. The molecule has 3 aliphatic rings. The fourth-order valence-electron chi connectivity index (χ4n) is 4.51. The van der Waals surface area contributed by atoms with Crippen molar-refractivity contribution in [1.29, 1.82) is 0 Å². The van der Waals surface area contributed by atoms with Gasteiger partial charge >= 0.3 is 0 Å². The summed E-state index contributed by atoms with van der Waals surface area (Å²) in [5, 5.41) is 0. The number of anilines is 1. The van der Waals surface area contributed by atoms with Crippen molar-refractivity contribution in [3.8, 4) is 5.75 Å². The highest BCUT2D eigenvalue weighted by Crippen LogP contribution is 2.48. The van der Waals surface area contributed by atoms with E-state index in [0.29, 0.717) is 0 Å². The number of likely N-dealkylation sites (tertiary alicyclic amines) is 1. The van der Waals surface area contributed by atoms with E-state index in [4.69, 9.17) is 4.74 Å². The number of rotatable bonds is 4. The Balaban J connectivity index is 1.83. The number of ketones is 1. The van der Waals surface area contributed by atoms with E-state index in [1.54, 1.807) is 7.11 Å². The van der Waals surface area contributed by atoms with Crippen molar-refractivity contribution in [3.63, 3.8) is 0 Å². The van der Waals surface area contributed by atoms with Crippen LogP contribution in [0, 0.1) is 11.8 Å². The van der Waals surface area contributed by atoms with Gasteiger partial charge in [0.15, 0.2) is 5.78 Å². The summed E-state index contributed by atoms with van der Waals surface area (Å²) in [6.07, 6.45) is 5.40. The SMILES string of the molecule is C=CCN1C(=O)[C@@H]2[C@H](C1=O)[C@H](C(C)=O)N1c3ccc(OC)cc3C=C[C@H]21. The second kappa shape index (κ2) is 5.83. The van der Waals surface area contributed by atoms with Gasteiger partial charge in [-0.05, 0) is 25.1 Å². The first-order chi connectivity index (χ1) is 12.5. The number of carbonyl (C=O) groups excluding carboxylic acids is 3. The number of hydrogen-bond donors (Lipinski definition) is 0. The highest BCUT2D eigenvalue weighted by molar-refractivity contribution is 6.11. The lowest BCUT2D eigenvalue weighted by atomic mass is 9.88. The van der Waals surface area contributed by atoms with Gasteiger partial charge in [-0.15, -0.1) is 6.58 Å². The van der Waals surface area contributed by atoms with Gasteiger partial charge in [-0.2, -0.15) is 0 Å². The zero-order chi connectivity index (χ0) is 18.6. The molecule has 134 valence electrons. The number of fused-ring (bicyclic) bond motifs is 5. The summed E-state index contributed by atoms with van der Waals surface area (Å²) in [5.74, 6) is -1.08.